The van der Waals surface area contributed by atoms with Gasteiger partial charge in [0.25, 0.3) is 0 Å². The van der Waals surface area contributed by atoms with Crippen molar-refractivity contribution < 1.29 is 14.3 Å². The number of rotatable bonds is 4. The normalized spacial score (nSPS) is 22.1. The maximum absolute atomic E-state index is 11.1. The molecule has 0 aromatic rings. The molecule has 0 bridgehead atoms. The standard InChI is InChI=1S/C11H18O3/c1-14-11(13)7-3-5-9-4-2-6-10(12)8-9/h9H,2-8H2,1H3/t9-/m0/s1. The van der Waals surface area contributed by atoms with E-state index in [1.807, 2.05) is 0 Å². The first-order valence-corrected chi connectivity index (χ1v) is 5.31. The highest BCUT2D eigenvalue weighted by Crippen LogP contribution is 2.25. The van der Waals surface area contributed by atoms with E-state index in [1.54, 1.807) is 0 Å². The predicted molar refractivity (Wildman–Crippen MR) is 52.8 cm³/mol. The maximum atomic E-state index is 11.1. The summed E-state index contributed by atoms with van der Waals surface area (Å²) in [5.74, 6) is 0.757. The van der Waals surface area contributed by atoms with Gasteiger partial charge in [-0.05, 0) is 31.6 Å². The van der Waals surface area contributed by atoms with Crippen molar-refractivity contribution in [2.24, 2.45) is 5.92 Å². The van der Waals surface area contributed by atoms with Gasteiger partial charge in [-0.15, -0.1) is 0 Å². The van der Waals surface area contributed by atoms with E-state index in [0.29, 0.717) is 18.1 Å². The van der Waals surface area contributed by atoms with Gasteiger partial charge in [0.15, 0.2) is 0 Å². The van der Waals surface area contributed by atoms with E-state index in [1.165, 1.54) is 7.11 Å². The van der Waals surface area contributed by atoms with Gasteiger partial charge in [0.1, 0.15) is 5.78 Å². The molecule has 0 saturated heterocycles. The second-order valence-corrected chi connectivity index (χ2v) is 3.97. The summed E-state index contributed by atoms with van der Waals surface area (Å²) in [6.07, 6.45) is 5.98. The molecule has 1 rings (SSSR count). The van der Waals surface area contributed by atoms with Gasteiger partial charge in [-0.3, -0.25) is 9.59 Å². The fraction of sp³-hybridized carbons (Fsp3) is 0.818. The molecule has 80 valence electrons. The molecule has 0 aromatic carbocycles. The lowest BCUT2D eigenvalue weighted by Gasteiger charge is -2.20. The van der Waals surface area contributed by atoms with Crippen molar-refractivity contribution in [1.29, 1.82) is 0 Å². The van der Waals surface area contributed by atoms with Crippen LogP contribution in [0.1, 0.15) is 44.9 Å². The van der Waals surface area contributed by atoms with E-state index >= 15 is 0 Å². The Balaban J connectivity index is 2.11. The molecule has 0 amide bonds. The molecule has 1 atom stereocenters. The average Bonchev–Trinajstić information content (AvgIpc) is 2.17. The number of hydrogen-bond donors (Lipinski definition) is 0. The van der Waals surface area contributed by atoms with Crippen LogP contribution in [0.25, 0.3) is 0 Å². The van der Waals surface area contributed by atoms with E-state index in [-0.39, 0.29) is 5.97 Å². The van der Waals surface area contributed by atoms with Crippen LogP contribution >= 0.6 is 0 Å². The third kappa shape index (κ3) is 3.90. The summed E-state index contributed by atoms with van der Waals surface area (Å²) >= 11 is 0. The first-order valence-electron chi connectivity index (χ1n) is 5.31. The van der Waals surface area contributed by atoms with Crippen LogP contribution in [0.4, 0.5) is 0 Å². The second kappa shape index (κ2) is 5.78. The molecule has 0 unspecified atom stereocenters. The van der Waals surface area contributed by atoms with Crippen LogP contribution in [0.5, 0.6) is 0 Å². The zero-order valence-corrected chi connectivity index (χ0v) is 8.75. The van der Waals surface area contributed by atoms with Crippen molar-refractivity contribution in [2.45, 2.75) is 44.9 Å². The molecule has 0 aromatic heterocycles. The molecule has 0 aliphatic heterocycles. The molecule has 1 fully saturated rings. The van der Waals surface area contributed by atoms with Crippen LogP contribution in [-0.2, 0) is 14.3 Å². The highest BCUT2D eigenvalue weighted by Gasteiger charge is 2.19. The van der Waals surface area contributed by atoms with E-state index in [2.05, 4.69) is 4.74 Å². The Labute approximate surface area is 84.8 Å². The Morgan fingerprint density at radius 3 is 3.00 bits per heavy atom. The molecule has 1 aliphatic carbocycles. The monoisotopic (exact) mass is 198 g/mol. The molecule has 0 heterocycles. The van der Waals surface area contributed by atoms with Crippen molar-refractivity contribution in [3.63, 3.8) is 0 Å². The van der Waals surface area contributed by atoms with Gasteiger partial charge in [-0.25, -0.2) is 0 Å². The highest BCUT2D eigenvalue weighted by atomic mass is 16.5. The summed E-state index contributed by atoms with van der Waals surface area (Å²) in [5, 5.41) is 0. The summed E-state index contributed by atoms with van der Waals surface area (Å²) in [5.41, 5.74) is 0. The second-order valence-electron chi connectivity index (χ2n) is 3.97. The maximum Gasteiger partial charge on any atom is 0.305 e. The number of carbonyl (C=O) groups excluding carboxylic acids is 2. The van der Waals surface area contributed by atoms with Crippen molar-refractivity contribution in [3.05, 3.63) is 0 Å². The van der Waals surface area contributed by atoms with E-state index in [4.69, 9.17) is 0 Å². The SMILES string of the molecule is COC(=O)CCC[C@@H]1CCCC(=O)C1. The highest BCUT2D eigenvalue weighted by molar-refractivity contribution is 5.79. The van der Waals surface area contributed by atoms with Crippen LogP contribution < -0.4 is 0 Å². The van der Waals surface area contributed by atoms with Crippen LogP contribution in [-0.4, -0.2) is 18.9 Å². The minimum Gasteiger partial charge on any atom is -0.469 e. The van der Waals surface area contributed by atoms with E-state index in [9.17, 15) is 9.59 Å². The number of ether oxygens (including phenoxy) is 1. The van der Waals surface area contributed by atoms with Crippen molar-refractivity contribution in [1.82, 2.24) is 0 Å². The summed E-state index contributed by atoms with van der Waals surface area (Å²) < 4.78 is 4.55. The third-order valence-electron chi connectivity index (χ3n) is 2.81. The van der Waals surface area contributed by atoms with Crippen LogP contribution in [0.15, 0.2) is 0 Å². The lowest BCUT2D eigenvalue weighted by Crippen LogP contribution is -2.15. The van der Waals surface area contributed by atoms with Gasteiger partial charge in [-0.2, -0.15) is 0 Å². The molecule has 1 aliphatic rings. The first kappa shape index (κ1) is 11.2. The Hall–Kier alpha value is -0.860. The molecule has 14 heavy (non-hydrogen) atoms. The summed E-state index contributed by atoms with van der Waals surface area (Å²) in [6, 6.07) is 0. The molecular formula is C11H18O3. The van der Waals surface area contributed by atoms with Gasteiger partial charge >= 0.3 is 5.97 Å². The van der Waals surface area contributed by atoms with Crippen LogP contribution in [0.3, 0.4) is 0 Å². The van der Waals surface area contributed by atoms with Crippen molar-refractivity contribution in [3.8, 4) is 0 Å². The zero-order chi connectivity index (χ0) is 10.4. The fourth-order valence-electron chi connectivity index (χ4n) is 2.00. The van der Waals surface area contributed by atoms with Gasteiger partial charge in [-0.1, -0.05) is 0 Å². The van der Waals surface area contributed by atoms with Gasteiger partial charge in [0.05, 0.1) is 7.11 Å². The lowest BCUT2D eigenvalue weighted by atomic mass is 9.85. The molecule has 1 saturated carbocycles. The largest absolute Gasteiger partial charge is 0.469 e. The summed E-state index contributed by atoms with van der Waals surface area (Å²) in [4.78, 5) is 22.0. The number of esters is 1. The summed E-state index contributed by atoms with van der Waals surface area (Å²) in [6.45, 7) is 0. The summed E-state index contributed by atoms with van der Waals surface area (Å²) in [7, 11) is 1.41. The van der Waals surface area contributed by atoms with Crippen LogP contribution in [0, 0.1) is 5.92 Å². The quantitative estimate of drug-likeness (QED) is 0.650. The number of Topliss-reactive ketones (excluding diaryl/α,β-unsaturated/α-hetero) is 1. The molecule has 0 N–H and O–H groups in total. The molecule has 3 heteroatoms. The zero-order valence-electron chi connectivity index (χ0n) is 8.75. The number of hydrogen-bond acceptors (Lipinski definition) is 3. The van der Waals surface area contributed by atoms with E-state index in [0.717, 1.165) is 38.5 Å². The van der Waals surface area contributed by atoms with E-state index < -0.39 is 0 Å². The van der Waals surface area contributed by atoms with Gasteiger partial charge < -0.3 is 4.74 Å². The Bertz CT molecular complexity index is 211. The fourth-order valence-corrected chi connectivity index (χ4v) is 2.00. The third-order valence-corrected chi connectivity index (χ3v) is 2.81. The van der Waals surface area contributed by atoms with Crippen molar-refractivity contribution in [2.75, 3.05) is 7.11 Å². The lowest BCUT2D eigenvalue weighted by molar-refractivity contribution is -0.140. The Morgan fingerprint density at radius 2 is 2.36 bits per heavy atom. The molecule has 0 radical (unpaired) electrons. The first-order chi connectivity index (χ1) is 6.72. The minimum atomic E-state index is -0.146. The molecular weight excluding hydrogens is 180 g/mol. The van der Waals surface area contributed by atoms with Gasteiger partial charge in [0, 0.05) is 19.3 Å². The smallest absolute Gasteiger partial charge is 0.305 e. The predicted octanol–water partition coefficient (Wildman–Crippen LogP) is 2.09. The number of carbonyl (C=O) groups is 2. The molecule has 0 spiro atoms. The number of ketones is 1. The Morgan fingerprint density at radius 1 is 1.57 bits per heavy atom. The van der Waals surface area contributed by atoms with Gasteiger partial charge in [0.2, 0.25) is 0 Å². The topological polar surface area (TPSA) is 43.4 Å². The minimum absolute atomic E-state index is 0.146. The molecule has 3 nitrogen and oxygen atoms in total. The number of methoxy groups -OCH3 is 1. The van der Waals surface area contributed by atoms with Crippen molar-refractivity contribution >= 4 is 11.8 Å². The average molecular weight is 198 g/mol. The Kier molecular flexibility index (Phi) is 4.63. The van der Waals surface area contributed by atoms with Crippen LogP contribution in [0.2, 0.25) is 0 Å².